The summed E-state index contributed by atoms with van der Waals surface area (Å²) in [6, 6.07) is 10.5. The van der Waals surface area contributed by atoms with Crippen LogP contribution in [0, 0.1) is 17.0 Å². The molecule has 26 heavy (non-hydrogen) atoms. The number of esters is 1. The molecule has 0 spiro atoms. The van der Waals surface area contributed by atoms with Crippen LogP contribution in [-0.4, -0.2) is 29.4 Å². The van der Waals surface area contributed by atoms with Gasteiger partial charge in [-0.25, -0.2) is 4.79 Å². The molecular formula is C19H19NO6. The van der Waals surface area contributed by atoms with Crippen LogP contribution in [0.3, 0.4) is 0 Å². The van der Waals surface area contributed by atoms with Gasteiger partial charge in [-0.15, -0.1) is 0 Å². The fraction of sp³-hybridized carbons (Fsp3) is 0.263. The van der Waals surface area contributed by atoms with E-state index in [0.717, 1.165) is 0 Å². The normalized spacial score (nSPS) is 10.5. The Labute approximate surface area is 150 Å². The largest absolute Gasteiger partial charge is 0.491 e. The Balaban J connectivity index is 1.99. The maximum absolute atomic E-state index is 12.1. The maximum atomic E-state index is 12.1. The van der Waals surface area contributed by atoms with Crippen LogP contribution in [0.5, 0.6) is 5.75 Å². The van der Waals surface area contributed by atoms with E-state index >= 15 is 0 Å². The summed E-state index contributed by atoms with van der Waals surface area (Å²) in [5.41, 5.74) is 0.703. The number of benzene rings is 2. The van der Waals surface area contributed by atoms with Crippen molar-refractivity contribution in [2.24, 2.45) is 0 Å². The van der Waals surface area contributed by atoms with E-state index in [9.17, 15) is 19.7 Å². The van der Waals surface area contributed by atoms with Gasteiger partial charge >= 0.3 is 5.97 Å². The molecule has 2 aromatic carbocycles. The Morgan fingerprint density at radius 1 is 1.08 bits per heavy atom. The molecule has 7 heteroatoms. The molecule has 0 amide bonds. The zero-order chi connectivity index (χ0) is 19.3. The molecule has 0 saturated carbocycles. The zero-order valence-corrected chi connectivity index (χ0v) is 14.7. The Hall–Kier alpha value is -3.22. The van der Waals surface area contributed by atoms with Crippen LogP contribution in [0.25, 0.3) is 0 Å². The Morgan fingerprint density at radius 2 is 1.69 bits per heavy atom. The number of hydrogen-bond acceptors (Lipinski definition) is 6. The van der Waals surface area contributed by atoms with E-state index in [1.54, 1.807) is 31.2 Å². The number of carbonyl (C=O) groups excluding carboxylic acids is 2. The fourth-order valence-electron chi connectivity index (χ4n) is 2.22. The van der Waals surface area contributed by atoms with Crippen molar-refractivity contribution in [2.75, 3.05) is 6.61 Å². The second kappa shape index (κ2) is 8.24. The molecule has 0 heterocycles. The number of aryl methyl sites for hydroxylation is 1. The molecule has 2 aromatic rings. The summed E-state index contributed by atoms with van der Waals surface area (Å²) in [6.07, 6.45) is 0.0176. The lowest BCUT2D eigenvalue weighted by atomic mass is 10.1. The van der Waals surface area contributed by atoms with Crippen molar-refractivity contribution < 1.29 is 24.0 Å². The summed E-state index contributed by atoms with van der Waals surface area (Å²) in [6.45, 7) is 4.87. The highest BCUT2D eigenvalue weighted by molar-refractivity contribution is 5.99. The summed E-state index contributed by atoms with van der Waals surface area (Å²) in [7, 11) is 0. The highest BCUT2D eigenvalue weighted by atomic mass is 16.6. The molecule has 0 atom stereocenters. The van der Waals surface area contributed by atoms with Gasteiger partial charge in [-0.2, -0.15) is 0 Å². The summed E-state index contributed by atoms with van der Waals surface area (Å²) < 4.78 is 10.5. The molecule has 0 aromatic heterocycles. The number of ether oxygens (including phenoxy) is 2. The highest BCUT2D eigenvalue weighted by Crippen LogP contribution is 2.20. The topological polar surface area (TPSA) is 95.7 Å². The molecule has 0 bridgehead atoms. The van der Waals surface area contributed by atoms with Crippen LogP contribution < -0.4 is 4.74 Å². The summed E-state index contributed by atoms with van der Waals surface area (Å²) in [5.74, 6) is -0.545. The number of nitrogens with zero attached hydrogens (tertiary/aromatic N) is 1. The predicted molar refractivity (Wildman–Crippen MR) is 94.7 cm³/mol. The first-order valence-electron chi connectivity index (χ1n) is 8.00. The van der Waals surface area contributed by atoms with Crippen LogP contribution in [-0.2, 0) is 4.74 Å². The van der Waals surface area contributed by atoms with Crippen molar-refractivity contribution in [3.05, 3.63) is 69.3 Å². The van der Waals surface area contributed by atoms with E-state index in [1.165, 1.54) is 18.2 Å². The van der Waals surface area contributed by atoms with Gasteiger partial charge < -0.3 is 9.47 Å². The predicted octanol–water partition coefficient (Wildman–Crippen LogP) is 3.73. The Bertz CT molecular complexity index is 826. The van der Waals surface area contributed by atoms with E-state index in [-0.39, 0.29) is 22.9 Å². The third kappa shape index (κ3) is 4.89. The van der Waals surface area contributed by atoms with Crippen molar-refractivity contribution in [3.63, 3.8) is 0 Å². The molecule has 0 aliphatic carbocycles. The van der Waals surface area contributed by atoms with Crippen LogP contribution in [0.1, 0.15) is 40.1 Å². The fourth-order valence-corrected chi connectivity index (χ4v) is 2.22. The maximum Gasteiger partial charge on any atom is 0.338 e. The molecule has 136 valence electrons. The van der Waals surface area contributed by atoms with Crippen molar-refractivity contribution >= 4 is 17.4 Å². The molecule has 0 aliphatic rings. The average Bonchev–Trinajstić information content (AvgIpc) is 2.59. The second-order valence-electron chi connectivity index (χ2n) is 5.95. The van der Waals surface area contributed by atoms with Crippen LogP contribution in [0.4, 0.5) is 5.69 Å². The minimum Gasteiger partial charge on any atom is -0.491 e. The number of ketones is 1. The van der Waals surface area contributed by atoms with Crippen LogP contribution in [0.2, 0.25) is 0 Å². The van der Waals surface area contributed by atoms with E-state index in [2.05, 4.69) is 0 Å². The highest BCUT2D eigenvalue weighted by Gasteiger charge is 2.17. The number of carbonyl (C=O) groups is 2. The zero-order valence-electron chi connectivity index (χ0n) is 14.7. The summed E-state index contributed by atoms with van der Waals surface area (Å²) >= 11 is 0. The molecule has 0 unspecified atom stereocenters. The molecule has 2 rings (SSSR count). The Kier molecular flexibility index (Phi) is 6.06. The van der Waals surface area contributed by atoms with Gasteiger partial charge in [0.05, 0.1) is 16.6 Å². The quantitative estimate of drug-likeness (QED) is 0.324. The van der Waals surface area contributed by atoms with E-state index in [4.69, 9.17) is 9.47 Å². The van der Waals surface area contributed by atoms with Crippen molar-refractivity contribution in [2.45, 2.75) is 26.9 Å². The second-order valence-corrected chi connectivity index (χ2v) is 5.95. The van der Waals surface area contributed by atoms with Gasteiger partial charge in [-0.3, -0.25) is 14.9 Å². The number of Topliss-reactive ketones (excluding diaryl/α,β-unsaturated/α-hetero) is 1. The summed E-state index contributed by atoms with van der Waals surface area (Å²) in [5, 5.41) is 10.9. The number of nitro groups is 1. The van der Waals surface area contributed by atoms with Gasteiger partial charge in [0.2, 0.25) is 5.78 Å². The van der Waals surface area contributed by atoms with E-state index in [1.807, 2.05) is 13.8 Å². The van der Waals surface area contributed by atoms with Gasteiger partial charge in [0.15, 0.2) is 6.61 Å². The minimum absolute atomic E-state index is 0.0176. The molecular weight excluding hydrogens is 338 g/mol. The van der Waals surface area contributed by atoms with Gasteiger partial charge in [0.1, 0.15) is 5.75 Å². The van der Waals surface area contributed by atoms with Gasteiger partial charge in [0.25, 0.3) is 5.69 Å². The van der Waals surface area contributed by atoms with E-state index in [0.29, 0.717) is 11.3 Å². The first-order valence-corrected chi connectivity index (χ1v) is 8.00. The van der Waals surface area contributed by atoms with Crippen LogP contribution >= 0.6 is 0 Å². The third-order valence-electron chi connectivity index (χ3n) is 3.52. The lowest BCUT2D eigenvalue weighted by Crippen LogP contribution is -2.14. The smallest absolute Gasteiger partial charge is 0.338 e. The lowest BCUT2D eigenvalue weighted by molar-refractivity contribution is -0.385. The van der Waals surface area contributed by atoms with Gasteiger partial charge in [-0.05, 0) is 45.0 Å². The molecule has 0 N–H and O–H groups in total. The lowest BCUT2D eigenvalue weighted by Gasteiger charge is -2.10. The minimum atomic E-state index is -0.656. The van der Waals surface area contributed by atoms with Crippen molar-refractivity contribution in [1.29, 1.82) is 0 Å². The Morgan fingerprint density at radius 3 is 2.27 bits per heavy atom. The molecule has 0 saturated heterocycles. The van der Waals surface area contributed by atoms with Crippen LogP contribution in [0.15, 0.2) is 42.5 Å². The standard InChI is InChI=1S/C19H19NO6/c1-12(2)26-16-8-6-14(7-9-16)19(22)25-11-18(21)15-5-4-13(3)17(10-15)20(23)24/h4-10,12H,11H2,1-3H3. The SMILES string of the molecule is Cc1ccc(C(=O)COC(=O)c2ccc(OC(C)C)cc2)cc1[N+](=O)[O-]. The molecule has 0 radical (unpaired) electrons. The third-order valence-corrected chi connectivity index (χ3v) is 3.52. The van der Waals surface area contributed by atoms with Crippen molar-refractivity contribution in [1.82, 2.24) is 0 Å². The number of hydrogen-bond donors (Lipinski definition) is 0. The molecule has 7 nitrogen and oxygen atoms in total. The number of nitro benzene ring substituents is 1. The molecule has 0 fully saturated rings. The average molecular weight is 357 g/mol. The first-order chi connectivity index (χ1) is 12.3. The molecule has 0 aliphatic heterocycles. The first kappa shape index (κ1) is 19.1. The van der Waals surface area contributed by atoms with Crippen molar-refractivity contribution in [3.8, 4) is 5.75 Å². The van der Waals surface area contributed by atoms with Gasteiger partial charge in [0, 0.05) is 17.2 Å². The van der Waals surface area contributed by atoms with Gasteiger partial charge in [-0.1, -0.05) is 12.1 Å². The summed E-state index contributed by atoms with van der Waals surface area (Å²) in [4.78, 5) is 34.5. The van der Waals surface area contributed by atoms with E-state index < -0.39 is 23.3 Å². The monoisotopic (exact) mass is 357 g/mol. The number of rotatable bonds is 7.